The first kappa shape index (κ1) is 15.4. The predicted octanol–water partition coefficient (Wildman–Crippen LogP) is 3.04. The van der Waals surface area contributed by atoms with Gasteiger partial charge < -0.3 is 9.73 Å². The van der Waals surface area contributed by atoms with Crippen LogP contribution in [0.1, 0.15) is 53.2 Å². The van der Waals surface area contributed by atoms with E-state index in [2.05, 4.69) is 46.4 Å². The summed E-state index contributed by atoms with van der Waals surface area (Å²) in [6, 6.07) is 9.40. The Hall–Kier alpha value is -2.14. The van der Waals surface area contributed by atoms with Crippen molar-refractivity contribution in [2.75, 3.05) is 0 Å². The van der Waals surface area contributed by atoms with Gasteiger partial charge in [-0.15, -0.1) is 0 Å². The number of carbonyl (C=O) groups is 1. The van der Waals surface area contributed by atoms with Crippen molar-refractivity contribution in [1.82, 2.24) is 15.2 Å². The molecule has 0 radical (unpaired) electrons. The molecule has 2 aromatic rings. The molecule has 5 heteroatoms. The van der Waals surface area contributed by atoms with Gasteiger partial charge in [0.25, 0.3) is 5.91 Å². The highest BCUT2D eigenvalue weighted by atomic mass is 16.3. The Morgan fingerprint density at radius 2 is 2.04 bits per heavy atom. The maximum Gasteiger partial charge on any atom is 0.273 e. The number of nitrogens with zero attached hydrogens (tertiary/aromatic N) is 2. The van der Waals surface area contributed by atoms with Crippen LogP contribution in [0.15, 0.2) is 34.9 Å². The smallest absolute Gasteiger partial charge is 0.273 e. The Morgan fingerprint density at radius 3 is 2.75 bits per heavy atom. The average molecular weight is 325 g/mol. The van der Waals surface area contributed by atoms with Crippen molar-refractivity contribution in [1.29, 1.82) is 0 Å². The lowest BCUT2D eigenvalue weighted by atomic mass is 10.1. The SMILES string of the molecule is Cc1ccccc1CN(Cc1nc(C(=O)NC2CC2)co1)C1CC1. The van der Waals surface area contributed by atoms with Gasteiger partial charge in [-0.1, -0.05) is 24.3 Å². The Kier molecular flexibility index (Phi) is 4.10. The van der Waals surface area contributed by atoms with E-state index < -0.39 is 0 Å². The molecule has 2 fully saturated rings. The molecule has 0 unspecified atom stereocenters. The van der Waals surface area contributed by atoms with Crippen LogP contribution in [0.3, 0.4) is 0 Å². The maximum atomic E-state index is 12.0. The van der Waals surface area contributed by atoms with E-state index >= 15 is 0 Å². The Bertz CT molecular complexity index is 732. The fraction of sp³-hybridized carbons (Fsp3) is 0.474. The van der Waals surface area contributed by atoms with Gasteiger partial charge in [-0.3, -0.25) is 9.69 Å². The van der Waals surface area contributed by atoms with E-state index in [1.54, 1.807) is 0 Å². The quantitative estimate of drug-likeness (QED) is 0.850. The summed E-state index contributed by atoms with van der Waals surface area (Å²) in [4.78, 5) is 18.8. The minimum atomic E-state index is -0.121. The fourth-order valence-electron chi connectivity index (χ4n) is 2.91. The molecule has 4 rings (SSSR count). The first-order valence-corrected chi connectivity index (χ1v) is 8.73. The summed E-state index contributed by atoms with van der Waals surface area (Å²) in [6.45, 7) is 3.69. The van der Waals surface area contributed by atoms with Crippen molar-refractivity contribution < 1.29 is 9.21 Å². The van der Waals surface area contributed by atoms with Crippen molar-refractivity contribution in [3.63, 3.8) is 0 Å². The third-order valence-corrected chi connectivity index (χ3v) is 4.73. The third-order valence-electron chi connectivity index (χ3n) is 4.73. The largest absolute Gasteiger partial charge is 0.447 e. The van der Waals surface area contributed by atoms with Crippen LogP contribution in [0.5, 0.6) is 0 Å². The summed E-state index contributed by atoms with van der Waals surface area (Å²) in [5.41, 5.74) is 3.03. The van der Waals surface area contributed by atoms with E-state index in [9.17, 15) is 4.79 Å². The zero-order valence-corrected chi connectivity index (χ0v) is 14.0. The van der Waals surface area contributed by atoms with Crippen LogP contribution in [0.25, 0.3) is 0 Å². The van der Waals surface area contributed by atoms with Crippen LogP contribution in [0.2, 0.25) is 0 Å². The summed E-state index contributed by atoms with van der Waals surface area (Å²) >= 11 is 0. The van der Waals surface area contributed by atoms with Crippen LogP contribution < -0.4 is 5.32 Å². The Morgan fingerprint density at radius 1 is 1.25 bits per heavy atom. The van der Waals surface area contributed by atoms with E-state index in [0.717, 1.165) is 19.4 Å². The van der Waals surface area contributed by atoms with E-state index in [4.69, 9.17) is 4.42 Å². The molecular formula is C19H23N3O2. The molecule has 1 amide bonds. The van der Waals surface area contributed by atoms with Crippen molar-refractivity contribution in [3.05, 3.63) is 53.2 Å². The summed E-state index contributed by atoms with van der Waals surface area (Å²) in [5, 5.41) is 2.94. The van der Waals surface area contributed by atoms with Gasteiger partial charge in [0.1, 0.15) is 6.26 Å². The molecule has 1 aromatic carbocycles. The number of nitrogens with one attached hydrogen (secondary N) is 1. The maximum absolute atomic E-state index is 12.0. The molecule has 2 aliphatic rings. The topological polar surface area (TPSA) is 58.4 Å². The lowest BCUT2D eigenvalue weighted by Crippen LogP contribution is -2.27. The minimum Gasteiger partial charge on any atom is -0.447 e. The van der Waals surface area contributed by atoms with E-state index in [-0.39, 0.29) is 5.91 Å². The molecule has 2 aliphatic carbocycles. The predicted molar refractivity (Wildman–Crippen MR) is 90.4 cm³/mol. The van der Waals surface area contributed by atoms with Crippen molar-refractivity contribution in [2.45, 2.75) is 57.8 Å². The molecular weight excluding hydrogens is 302 g/mol. The highest BCUT2D eigenvalue weighted by molar-refractivity contribution is 5.92. The Labute approximate surface area is 142 Å². The molecule has 0 saturated heterocycles. The molecule has 0 aliphatic heterocycles. The zero-order chi connectivity index (χ0) is 16.5. The number of rotatable bonds is 7. The molecule has 1 heterocycles. The first-order chi connectivity index (χ1) is 11.7. The molecule has 0 bridgehead atoms. The lowest BCUT2D eigenvalue weighted by molar-refractivity contribution is 0.0946. The van der Waals surface area contributed by atoms with Gasteiger partial charge in [0, 0.05) is 18.6 Å². The number of aryl methyl sites for hydroxylation is 1. The van der Waals surface area contributed by atoms with Crippen LogP contribution in [-0.4, -0.2) is 27.9 Å². The first-order valence-electron chi connectivity index (χ1n) is 8.73. The number of benzene rings is 1. The second-order valence-corrected chi connectivity index (χ2v) is 6.94. The van der Waals surface area contributed by atoms with Gasteiger partial charge in [0.05, 0.1) is 6.54 Å². The number of aromatic nitrogens is 1. The molecule has 2 saturated carbocycles. The summed E-state index contributed by atoms with van der Waals surface area (Å²) in [5.74, 6) is 0.501. The normalized spacial score (nSPS) is 17.2. The second-order valence-electron chi connectivity index (χ2n) is 6.94. The highest BCUT2D eigenvalue weighted by Crippen LogP contribution is 2.30. The molecule has 0 spiro atoms. The van der Waals surface area contributed by atoms with Crippen LogP contribution in [0.4, 0.5) is 0 Å². The summed E-state index contributed by atoms with van der Waals surface area (Å²) in [7, 11) is 0. The van der Waals surface area contributed by atoms with E-state index in [0.29, 0.717) is 30.2 Å². The minimum absolute atomic E-state index is 0.121. The second kappa shape index (κ2) is 6.40. The average Bonchev–Trinajstić information content (AvgIpc) is 3.49. The van der Waals surface area contributed by atoms with Gasteiger partial charge >= 0.3 is 0 Å². The number of hydrogen-bond acceptors (Lipinski definition) is 4. The van der Waals surface area contributed by atoms with Crippen LogP contribution >= 0.6 is 0 Å². The van der Waals surface area contributed by atoms with Gasteiger partial charge in [0.15, 0.2) is 5.69 Å². The fourth-order valence-corrected chi connectivity index (χ4v) is 2.91. The van der Waals surface area contributed by atoms with E-state index in [1.807, 2.05) is 0 Å². The number of carbonyl (C=O) groups excluding carboxylic acids is 1. The summed E-state index contributed by atoms with van der Waals surface area (Å²) in [6.07, 6.45) is 6.07. The molecule has 24 heavy (non-hydrogen) atoms. The van der Waals surface area contributed by atoms with E-state index in [1.165, 1.54) is 30.2 Å². The third kappa shape index (κ3) is 3.67. The lowest BCUT2D eigenvalue weighted by Gasteiger charge is -2.21. The van der Waals surface area contributed by atoms with Crippen LogP contribution in [0, 0.1) is 6.92 Å². The van der Waals surface area contributed by atoms with Gasteiger partial charge in [-0.2, -0.15) is 0 Å². The molecule has 5 nitrogen and oxygen atoms in total. The van der Waals surface area contributed by atoms with Crippen molar-refractivity contribution >= 4 is 5.91 Å². The summed E-state index contributed by atoms with van der Waals surface area (Å²) < 4.78 is 5.55. The van der Waals surface area contributed by atoms with Gasteiger partial charge in [0.2, 0.25) is 5.89 Å². The molecule has 126 valence electrons. The number of oxazole rings is 1. The van der Waals surface area contributed by atoms with Crippen molar-refractivity contribution in [3.8, 4) is 0 Å². The van der Waals surface area contributed by atoms with Gasteiger partial charge in [-0.05, 0) is 43.7 Å². The van der Waals surface area contributed by atoms with Crippen molar-refractivity contribution in [2.24, 2.45) is 0 Å². The zero-order valence-electron chi connectivity index (χ0n) is 14.0. The molecule has 0 atom stereocenters. The highest BCUT2D eigenvalue weighted by Gasteiger charge is 2.31. The monoisotopic (exact) mass is 325 g/mol. The molecule has 1 aromatic heterocycles. The standard InChI is InChI=1S/C19H23N3O2/c1-13-4-2-3-5-14(13)10-22(16-8-9-16)11-18-21-17(12-24-18)19(23)20-15-6-7-15/h2-5,12,15-16H,6-11H2,1H3,(H,20,23). The number of hydrogen-bond donors (Lipinski definition) is 1. The van der Waals surface area contributed by atoms with Crippen LogP contribution in [-0.2, 0) is 13.1 Å². The number of amides is 1. The van der Waals surface area contributed by atoms with Gasteiger partial charge in [-0.25, -0.2) is 4.98 Å². The Balaban J connectivity index is 1.42. The molecule has 1 N–H and O–H groups in total.